The maximum absolute atomic E-state index is 14.3. The van der Waals surface area contributed by atoms with Crippen LogP contribution in [0.25, 0.3) is 16.6 Å². The fourth-order valence-electron chi connectivity index (χ4n) is 3.53. The van der Waals surface area contributed by atoms with Crippen LogP contribution < -0.4 is 10.9 Å². The molecule has 7 nitrogen and oxygen atoms in total. The van der Waals surface area contributed by atoms with E-state index in [-0.39, 0.29) is 11.5 Å². The van der Waals surface area contributed by atoms with Crippen molar-refractivity contribution >= 4 is 34.3 Å². The average Bonchev–Trinajstić information content (AvgIpc) is 3.02. The van der Waals surface area contributed by atoms with E-state index in [1.54, 1.807) is 54.9 Å². The van der Waals surface area contributed by atoms with Crippen molar-refractivity contribution in [1.82, 2.24) is 19.3 Å². The van der Waals surface area contributed by atoms with E-state index >= 15 is 0 Å². The lowest BCUT2D eigenvalue weighted by molar-refractivity contribution is -0.115. The molecule has 0 aliphatic rings. The zero-order valence-electron chi connectivity index (χ0n) is 19.0. The van der Waals surface area contributed by atoms with E-state index in [4.69, 9.17) is 0 Å². The predicted octanol–water partition coefficient (Wildman–Crippen LogP) is 4.30. The van der Waals surface area contributed by atoms with E-state index in [2.05, 4.69) is 15.4 Å². The lowest BCUT2D eigenvalue weighted by atomic mass is 10.2. The molecule has 0 bridgehead atoms. The third-order valence-electron chi connectivity index (χ3n) is 5.57. The Morgan fingerprint density at radius 1 is 1.15 bits per heavy atom. The van der Waals surface area contributed by atoms with Gasteiger partial charge in [0, 0.05) is 7.05 Å². The number of benzene rings is 2. The molecular weight excluding hydrogens is 441 g/mol. The maximum Gasteiger partial charge on any atom is 0.266 e. The van der Waals surface area contributed by atoms with Crippen molar-refractivity contribution in [2.45, 2.75) is 38.1 Å². The highest BCUT2D eigenvalue weighted by molar-refractivity contribution is 8.00. The van der Waals surface area contributed by atoms with Crippen LogP contribution in [0.5, 0.6) is 0 Å². The molecule has 1 atom stereocenters. The van der Waals surface area contributed by atoms with Gasteiger partial charge in [-0.2, -0.15) is 5.10 Å². The summed E-state index contributed by atoms with van der Waals surface area (Å²) >= 11 is 1.14. The Balaban J connectivity index is 1.75. The summed E-state index contributed by atoms with van der Waals surface area (Å²) in [5.74, 6) is -0.667. The predicted molar refractivity (Wildman–Crippen MR) is 129 cm³/mol. The summed E-state index contributed by atoms with van der Waals surface area (Å²) in [6, 6.07) is 11.6. The Bertz CT molecular complexity index is 1440. The molecule has 0 spiro atoms. The Kier molecular flexibility index (Phi) is 6.07. The van der Waals surface area contributed by atoms with Gasteiger partial charge in [0.15, 0.2) is 5.16 Å². The van der Waals surface area contributed by atoms with Crippen molar-refractivity contribution < 1.29 is 9.18 Å². The molecule has 4 rings (SSSR count). The zero-order valence-corrected chi connectivity index (χ0v) is 19.8. The highest BCUT2D eigenvalue weighted by Crippen LogP contribution is 2.27. The van der Waals surface area contributed by atoms with Gasteiger partial charge in [0.05, 0.1) is 38.9 Å². The number of hydrogen-bond acceptors (Lipinski definition) is 5. The van der Waals surface area contributed by atoms with E-state index in [0.29, 0.717) is 33.0 Å². The molecule has 1 unspecified atom stereocenters. The number of carbonyl (C=O) groups excluding carboxylic acids is 1. The first-order valence-electron chi connectivity index (χ1n) is 10.4. The Morgan fingerprint density at radius 3 is 2.55 bits per heavy atom. The number of aryl methyl sites for hydroxylation is 3. The van der Waals surface area contributed by atoms with E-state index in [1.165, 1.54) is 10.6 Å². The van der Waals surface area contributed by atoms with Crippen LogP contribution in [0.3, 0.4) is 0 Å². The molecule has 0 saturated heterocycles. The SMILES string of the molecule is Cc1ccc(-n2c(SC(C)C(=O)Nc3c(C)nn(C)c3C)nc3ccccc3c2=O)cc1F. The first-order chi connectivity index (χ1) is 15.7. The molecule has 0 saturated carbocycles. The molecule has 1 N–H and O–H groups in total. The Hall–Kier alpha value is -3.46. The largest absolute Gasteiger partial charge is 0.322 e. The van der Waals surface area contributed by atoms with Crippen LogP contribution in [0, 0.1) is 26.6 Å². The molecule has 1 amide bonds. The number of nitrogens with one attached hydrogen (secondary N) is 1. The molecule has 4 aromatic rings. The third kappa shape index (κ3) is 4.28. The quantitative estimate of drug-likeness (QED) is 0.351. The number of thioether (sulfide) groups is 1. The fourth-order valence-corrected chi connectivity index (χ4v) is 4.46. The van der Waals surface area contributed by atoms with Crippen molar-refractivity contribution in [3.8, 4) is 5.69 Å². The summed E-state index contributed by atoms with van der Waals surface area (Å²) < 4.78 is 17.4. The maximum atomic E-state index is 14.3. The summed E-state index contributed by atoms with van der Waals surface area (Å²) in [5.41, 5.74) is 3.25. The van der Waals surface area contributed by atoms with E-state index in [0.717, 1.165) is 23.1 Å². The molecule has 9 heteroatoms. The number of nitrogens with zero attached hydrogens (tertiary/aromatic N) is 4. The van der Waals surface area contributed by atoms with Crippen LogP contribution in [0.4, 0.5) is 10.1 Å². The normalized spacial score (nSPS) is 12.2. The van der Waals surface area contributed by atoms with E-state index in [9.17, 15) is 14.0 Å². The molecule has 170 valence electrons. The number of rotatable bonds is 5. The summed E-state index contributed by atoms with van der Waals surface area (Å²) in [6.45, 7) is 7.10. The number of hydrogen-bond donors (Lipinski definition) is 1. The van der Waals surface area contributed by atoms with Crippen molar-refractivity contribution in [1.29, 1.82) is 0 Å². The molecule has 2 aromatic heterocycles. The Labute approximate surface area is 194 Å². The van der Waals surface area contributed by atoms with Crippen LogP contribution in [-0.2, 0) is 11.8 Å². The summed E-state index contributed by atoms with van der Waals surface area (Å²) in [5, 5.41) is 7.40. The molecule has 2 heterocycles. The molecule has 33 heavy (non-hydrogen) atoms. The minimum absolute atomic E-state index is 0.247. The first kappa shape index (κ1) is 22.7. The van der Waals surface area contributed by atoms with Gasteiger partial charge in [-0.1, -0.05) is 30.0 Å². The lowest BCUT2D eigenvalue weighted by Crippen LogP contribution is -2.26. The lowest BCUT2D eigenvalue weighted by Gasteiger charge is -2.17. The highest BCUT2D eigenvalue weighted by atomic mass is 32.2. The van der Waals surface area contributed by atoms with Gasteiger partial charge < -0.3 is 5.32 Å². The van der Waals surface area contributed by atoms with Crippen LogP contribution in [0.15, 0.2) is 52.4 Å². The van der Waals surface area contributed by atoms with E-state index < -0.39 is 11.1 Å². The molecule has 0 aliphatic carbocycles. The Morgan fingerprint density at radius 2 is 1.88 bits per heavy atom. The standard InChI is InChI=1S/C24H24FN5O2S/c1-13-10-11-17(12-19(13)25)30-23(32)18-8-6-7-9-20(18)26-24(30)33-16(4)22(31)27-21-14(2)28-29(5)15(21)3/h6-12,16H,1-5H3,(H,27,31). The number of amides is 1. The molecule has 0 aliphatic heterocycles. The number of carbonyl (C=O) groups is 1. The van der Waals surface area contributed by atoms with Crippen LogP contribution >= 0.6 is 11.8 Å². The first-order valence-corrected chi connectivity index (χ1v) is 11.3. The number of halogens is 1. The van der Waals surface area contributed by atoms with Gasteiger partial charge in [0.1, 0.15) is 5.82 Å². The van der Waals surface area contributed by atoms with Gasteiger partial charge in [-0.3, -0.25) is 18.8 Å². The van der Waals surface area contributed by atoms with Gasteiger partial charge in [-0.05, 0) is 57.5 Å². The second kappa shape index (κ2) is 8.82. The van der Waals surface area contributed by atoms with Gasteiger partial charge in [-0.15, -0.1) is 0 Å². The highest BCUT2D eigenvalue weighted by Gasteiger charge is 2.22. The van der Waals surface area contributed by atoms with Crippen molar-refractivity contribution in [2.24, 2.45) is 7.05 Å². The second-order valence-corrected chi connectivity index (χ2v) is 9.21. The zero-order chi connectivity index (χ0) is 23.9. The molecular formula is C24H24FN5O2S. The van der Waals surface area contributed by atoms with Gasteiger partial charge in [-0.25, -0.2) is 9.37 Å². The minimum atomic E-state index is -0.585. The average molecular weight is 466 g/mol. The molecule has 2 aromatic carbocycles. The van der Waals surface area contributed by atoms with Crippen molar-refractivity contribution in [3.63, 3.8) is 0 Å². The fraction of sp³-hybridized carbons (Fsp3) is 0.250. The third-order valence-corrected chi connectivity index (χ3v) is 6.62. The van der Waals surface area contributed by atoms with Gasteiger partial charge in [0.2, 0.25) is 5.91 Å². The minimum Gasteiger partial charge on any atom is -0.322 e. The van der Waals surface area contributed by atoms with E-state index in [1.807, 2.05) is 20.9 Å². The summed E-state index contributed by atoms with van der Waals surface area (Å²) in [6.07, 6.45) is 0. The number of aromatic nitrogens is 4. The molecule has 0 radical (unpaired) electrons. The second-order valence-electron chi connectivity index (χ2n) is 7.90. The van der Waals surface area contributed by atoms with Crippen LogP contribution in [0.1, 0.15) is 23.9 Å². The number of fused-ring (bicyclic) bond motifs is 1. The topological polar surface area (TPSA) is 81.8 Å². The van der Waals surface area contributed by atoms with Gasteiger partial charge in [0.25, 0.3) is 5.56 Å². The number of para-hydroxylation sites is 1. The van der Waals surface area contributed by atoms with Crippen molar-refractivity contribution in [2.75, 3.05) is 5.32 Å². The smallest absolute Gasteiger partial charge is 0.266 e. The van der Waals surface area contributed by atoms with Crippen molar-refractivity contribution in [3.05, 3.63) is 75.6 Å². The van der Waals surface area contributed by atoms with Crippen LogP contribution in [-0.4, -0.2) is 30.5 Å². The molecule has 0 fully saturated rings. The number of anilines is 1. The summed E-state index contributed by atoms with van der Waals surface area (Å²) in [4.78, 5) is 31.0. The van der Waals surface area contributed by atoms with Crippen LogP contribution in [0.2, 0.25) is 0 Å². The monoisotopic (exact) mass is 465 g/mol. The summed E-state index contributed by atoms with van der Waals surface area (Å²) in [7, 11) is 1.81. The van der Waals surface area contributed by atoms with Gasteiger partial charge >= 0.3 is 0 Å².